The van der Waals surface area contributed by atoms with E-state index in [2.05, 4.69) is 16.4 Å². The van der Waals surface area contributed by atoms with E-state index in [4.69, 9.17) is 4.74 Å². The fraction of sp³-hybridized carbons (Fsp3) is 0.421. The van der Waals surface area contributed by atoms with Crippen LogP contribution in [-0.2, 0) is 6.42 Å². The molecular formula is C19H24N2O2. The normalized spacial score (nSPS) is 17.9. The number of methoxy groups -OCH3 is 1. The lowest BCUT2D eigenvalue weighted by atomic mass is 9.96. The van der Waals surface area contributed by atoms with Crippen LogP contribution in [0.15, 0.2) is 36.5 Å². The third-order valence-electron chi connectivity index (χ3n) is 4.44. The van der Waals surface area contributed by atoms with Gasteiger partial charge >= 0.3 is 0 Å². The fourth-order valence-corrected chi connectivity index (χ4v) is 3.24. The zero-order chi connectivity index (χ0) is 16.1. The second-order valence-electron chi connectivity index (χ2n) is 6.13. The molecule has 1 aliphatic heterocycles. The van der Waals surface area contributed by atoms with Gasteiger partial charge in [0.25, 0.3) is 0 Å². The Morgan fingerprint density at radius 1 is 1.30 bits per heavy atom. The minimum atomic E-state index is 0.279. The van der Waals surface area contributed by atoms with E-state index in [0.717, 1.165) is 42.0 Å². The third kappa shape index (κ3) is 4.02. The Labute approximate surface area is 137 Å². The number of aromatic nitrogens is 1. The fourth-order valence-electron chi connectivity index (χ4n) is 3.24. The molecule has 122 valence electrons. The topological polar surface area (TPSA) is 54.4 Å². The maximum Gasteiger partial charge on any atom is 0.145 e. The molecule has 1 fully saturated rings. The summed E-state index contributed by atoms with van der Waals surface area (Å²) in [7, 11) is 1.64. The van der Waals surface area contributed by atoms with E-state index in [1.54, 1.807) is 19.4 Å². The molecule has 2 N–H and O–H groups in total. The lowest BCUT2D eigenvalue weighted by molar-refractivity contribution is 0.382. The van der Waals surface area contributed by atoms with Crippen LogP contribution in [0.5, 0.6) is 11.5 Å². The number of phenolic OH excluding ortho intramolecular Hbond substituents is 1. The van der Waals surface area contributed by atoms with E-state index >= 15 is 0 Å². The number of phenols is 1. The molecule has 0 radical (unpaired) electrons. The largest absolute Gasteiger partial charge is 0.508 e. The minimum Gasteiger partial charge on any atom is -0.508 e. The van der Waals surface area contributed by atoms with Gasteiger partial charge in [0.15, 0.2) is 0 Å². The molecule has 0 saturated carbocycles. The molecule has 2 aromatic rings. The predicted octanol–water partition coefficient (Wildman–Crippen LogP) is 3.54. The van der Waals surface area contributed by atoms with Gasteiger partial charge in [0, 0.05) is 17.8 Å². The van der Waals surface area contributed by atoms with Gasteiger partial charge in [0.2, 0.25) is 0 Å². The average molecular weight is 312 g/mol. The quantitative estimate of drug-likeness (QED) is 0.886. The smallest absolute Gasteiger partial charge is 0.145 e. The van der Waals surface area contributed by atoms with Gasteiger partial charge in [-0.1, -0.05) is 6.42 Å². The number of nitrogens with zero attached hydrogens (tertiary/aromatic N) is 1. The molecule has 1 aliphatic rings. The van der Waals surface area contributed by atoms with Crippen molar-refractivity contribution in [1.29, 1.82) is 0 Å². The highest BCUT2D eigenvalue weighted by molar-refractivity contribution is 5.68. The van der Waals surface area contributed by atoms with Gasteiger partial charge in [-0.3, -0.25) is 4.98 Å². The Bertz CT molecular complexity index is 652. The number of hydrogen-bond acceptors (Lipinski definition) is 4. The van der Waals surface area contributed by atoms with Gasteiger partial charge in [-0.2, -0.15) is 0 Å². The standard InChI is InChI=1S/C19H24N2O2/c1-23-18-6-4-10-21-19(18)15-11-14(12-17(22)13-15)7-8-16-5-2-3-9-20-16/h4,6,10-13,16,20,22H,2-3,5,7-9H2,1H3/t16-/m0/s1. The van der Waals surface area contributed by atoms with Crippen molar-refractivity contribution in [2.24, 2.45) is 0 Å². The predicted molar refractivity (Wildman–Crippen MR) is 91.9 cm³/mol. The van der Waals surface area contributed by atoms with Gasteiger partial charge in [-0.05, 0) is 68.1 Å². The highest BCUT2D eigenvalue weighted by Crippen LogP contribution is 2.31. The molecule has 0 spiro atoms. The summed E-state index contributed by atoms with van der Waals surface area (Å²) < 4.78 is 5.38. The molecule has 4 heteroatoms. The Morgan fingerprint density at radius 3 is 3.00 bits per heavy atom. The third-order valence-corrected chi connectivity index (χ3v) is 4.44. The molecule has 0 unspecified atom stereocenters. The highest BCUT2D eigenvalue weighted by atomic mass is 16.5. The number of hydrogen-bond donors (Lipinski definition) is 2. The van der Waals surface area contributed by atoms with Crippen molar-refractivity contribution in [1.82, 2.24) is 10.3 Å². The molecule has 23 heavy (non-hydrogen) atoms. The zero-order valence-electron chi connectivity index (χ0n) is 13.6. The number of aryl methyl sites for hydroxylation is 1. The second-order valence-corrected chi connectivity index (χ2v) is 6.13. The molecule has 1 aromatic heterocycles. The van der Waals surface area contributed by atoms with Crippen LogP contribution in [0.3, 0.4) is 0 Å². The van der Waals surface area contributed by atoms with E-state index in [-0.39, 0.29) is 5.75 Å². The van der Waals surface area contributed by atoms with Gasteiger partial charge in [-0.25, -0.2) is 0 Å². The molecule has 0 aliphatic carbocycles. The van der Waals surface area contributed by atoms with Crippen molar-refractivity contribution in [3.63, 3.8) is 0 Å². The van der Waals surface area contributed by atoms with Crippen LogP contribution in [0, 0.1) is 0 Å². The first-order chi connectivity index (χ1) is 11.3. The Balaban J connectivity index is 1.78. The van der Waals surface area contributed by atoms with Gasteiger partial charge in [0.05, 0.1) is 7.11 Å². The van der Waals surface area contributed by atoms with Gasteiger partial charge in [0.1, 0.15) is 17.2 Å². The Morgan fingerprint density at radius 2 is 2.22 bits per heavy atom. The van der Waals surface area contributed by atoms with E-state index in [9.17, 15) is 5.11 Å². The molecule has 1 saturated heterocycles. The SMILES string of the molecule is COc1cccnc1-c1cc(O)cc(CC[C@@H]2CCCCN2)c1. The van der Waals surface area contributed by atoms with Crippen molar-refractivity contribution in [2.75, 3.05) is 13.7 Å². The van der Waals surface area contributed by atoms with Crippen LogP contribution >= 0.6 is 0 Å². The number of piperidine rings is 1. The van der Waals surface area contributed by atoms with Crippen molar-refractivity contribution < 1.29 is 9.84 Å². The van der Waals surface area contributed by atoms with Crippen molar-refractivity contribution in [3.8, 4) is 22.8 Å². The number of aromatic hydroxyl groups is 1. The molecule has 3 rings (SSSR count). The summed E-state index contributed by atoms with van der Waals surface area (Å²) in [6, 6.07) is 10.0. The monoisotopic (exact) mass is 312 g/mol. The summed E-state index contributed by atoms with van der Waals surface area (Å²) >= 11 is 0. The molecule has 4 nitrogen and oxygen atoms in total. The summed E-state index contributed by atoms with van der Waals surface area (Å²) in [6.07, 6.45) is 7.64. The van der Waals surface area contributed by atoms with E-state index in [1.165, 1.54) is 19.3 Å². The molecule has 1 aromatic carbocycles. The molecule has 0 bridgehead atoms. The minimum absolute atomic E-state index is 0.279. The van der Waals surface area contributed by atoms with Crippen LogP contribution in [0.2, 0.25) is 0 Å². The first-order valence-corrected chi connectivity index (χ1v) is 8.32. The number of benzene rings is 1. The number of ether oxygens (including phenoxy) is 1. The highest BCUT2D eigenvalue weighted by Gasteiger charge is 2.14. The molecule has 2 heterocycles. The van der Waals surface area contributed by atoms with Crippen LogP contribution in [0.1, 0.15) is 31.2 Å². The summed E-state index contributed by atoms with van der Waals surface area (Å²) in [5.41, 5.74) is 2.80. The van der Waals surface area contributed by atoms with Crippen LogP contribution in [0.25, 0.3) is 11.3 Å². The van der Waals surface area contributed by atoms with Crippen molar-refractivity contribution in [3.05, 3.63) is 42.1 Å². The maximum absolute atomic E-state index is 10.1. The number of nitrogens with one attached hydrogen (secondary N) is 1. The first-order valence-electron chi connectivity index (χ1n) is 8.32. The van der Waals surface area contributed by atoms with Crippen LogP contribution in [0.4, 0.5) is 0 Å². The first kappa shape index (κ1) is 15.8. The van der Waals surface area contributed by atoms with Crippen LogP contribution in [-0.4, -0.2) is 29.8 Å². The Kier molecular flexibility index (Phi) is 5.13. The second kappa shape index (κ2) is 7.47. The van der Waals surface area contributed by atoms with Gasteiger partial charge < -0.3 is 15.2 Å². The molecule has 0 amide bonds. The van der Waals surface area contributed by atoms with E-state index in [0.29, 0.717) is 6.04 Å². The summed E-state index contributed by atoms with van der Waals surface area (Å²) in [6.45, 7) is 1.13. The summed E-state index contributed by atoms with van der Waals surface area (Å²) in [5.74, 6) is 1.000. The van der Waals surface area contributed by atoms with E-state index in [1.807, 2.05) is 18.2 Å². The zero-order valence-corrected chi connectivity index (χ0v) is 13.6. The van der Waals surface area contributed by atoms with Crippen molar-refractivity contribution in [2.45, 2.75) is 38.1 Å². The van der Waals surface area contributed by atoms with E-state index < -0.39 is 0 Å². The lowest BCUT2D eigenvalue weighted by Crippen LogP contribution is -2.34. The summed E-state index contributed by atoms with van der Waals surface area (Å²) in [4.78, 5) is 4.40. The average Bonchev–Trinajstić information content (AvgIpc) is 2.60. The van der Waals surface area contributed by atoms with Crippen LogP contribution < -0.4 is 10.1 Å². The number of pyridine rings is 1. The number of rotatable bonds is 5. The molecule has 1 atom stereocenters. The maximum atomic E-state index is 10.1. The summed E-state index contributed by atoms with van der Waals surface area (Å²) in [5, 5.41) is 13.6. The lowest BCUT2D eigenvalue weighted by Gasteiger charge is -2.23. The Hall–Kier alpha value is -2.07. The molecular weight excluding hydrogens is 288 g/mol. The van der Waals surface area contributed by atoms with Gasteiger partial charge in [-0.15, -0.1) is 0 Å². The van der Waals surface area contributed by atoms with Crippen molar-refractivity contribution >= 4 is 0 Å².